The lowest BCUT2D eigenvalue weighted by atomic mass is 10.1. The van der Waals surface area contributed by atoms with Crippen LogP contribution < -0.4 is 14.8 Å². The van der Waals surface area contributed by atoms with E-state index < -0.39 is 0 Å². The smallest absolute Gasteiger partial charge is 0.231 e. The fraction of sp³-hybridized carbons (Fsp3) is 0.350. The van der Waals surface area contributed by atoms with Crippen molar-refractivity contribution in [2.45, 2.75) is 25.3 Å². The second kappa shape index (κ2) is 7.12. The van der Waals surface area contributed by atoms with E-state index in [4.69, 9.17) is 13.9 Å². The third-order valence-corrected chi connectivity index (χ3v) is 5.04. The second-order valence-corrected chi connectivity index (χ2v) is 6.89. The molecule has 1 aliphatic heterocycles. The molecular formula is C20H21N5O3. The summed E-state index contributed by atoms with van der Waals surface area (Å²) in [6, 6.07) is 7.82. The summed E-state index contributed by atoms with van der Waals surface area (Å²) in [5.41, 5.74) is 2.17. The van der Waals surface area contributed by atoms with Gasteiger partial charge in [-0.3, -0.25) is 0 Å². The minimum Gasteiger partial charge on any atom is -0.480 e. The van der Waals surface area contributed by atoms with Gasteiger partial charge in [0.1, 0.15) is 17.9 Å². The summed E-state index contributed by atoms with van der Waals surface area (Å²) in [4.78, 5) is 8.64. The van der Waals surface area contributed by atoms with Crippen LogP contribution in [0.5, 0.6) is 11.8 Å². The van der Waals surface area contributed by atoms with Gasteiger partial charge < -0.3 is 19.2 Å². The van der Waals surface area contributed by atoms with E-state index in [-0.39, 0.29) is 0 Å². The Hall–Kier alpha value is -3.13. The first-order valence-corrected chi connectivity index (χ1v) is 9.46. The third kappa shape index (κ3) is 3.05. The molecule has 1 N–H and O–H groups in total. The van der Waals surface area contributed by atoms with Gasteiger partial charge in [-0.25, -0.2) is 14.5 Å². The number of nitrogens with one attached hydrogen (secondary N) is 1. The van der Waals surface area contributed by atoms with Gasteiger partial charge in [0, 0.05) is 24.4 Å². The largest absolute Gasteiger partial charge is 0.480 e. The molecular weight excluding hydrogens is 358 g/mol. The van der Waals surface area contributed by atoms with E-state index in [0.717, 1.165) is 29.7 Å². The predicted molar refractivity (Wildman–Crippen MR) is 104 cm³/mol. The lowest BCUT2D eigenvalue weighted by Crippen LogP contribution is -2.38. The molecule has 0 saturated carbocycles. The SMILES string of the molecule is COc1nccc2oc(-c3cnc4ccc(OCC5CCCCN5)nn34)cc12. The Bertz CT molecular complexity index is 1110. The fourth-order valence-corrected chi connectivity index (χ4v) is 3.58. The maximum Gasteiger partial charge on any atom is 0.231 e. The van der Waals surface area contributed by atoms with Gasteiger partial charge in [-0.2, -0.15) is 0 Å². The Morgan fingerprint density at radius 3 is 3.07 bits per heavy atom. The van der Waals surface area contributed by atoms with Crippen LogP contribution in [0.3, 0.4) is 0 Å². The highest BCUT2D eigenvalue weighted by molar-refractivity contribution is 5.86. The van der Waals surface area contributed by atoms with E-state index in [1.54, 1.807) is 24.0 Å². The van der Waals surface area contributed by atoms with Gasteiger partial charge in [0.2, 0.25) is 11.8 Å². The predicted octanol–water partition coefficient (Wildman–Crippen LogP) is 3.07. The van der Waals surface area contributed by atoms with Gasteiger partial charge in [-0.05, 0) is 31.5 Å². The highest BCUT2D eigenvalue weighted by Gasteiger charge is 2.17. The van der Waals surface area contributed by atoms with Crippen molar-refractivity contribution in [3.05, 3.63) is 36.7 Å². The molecule has 1 saturated heterocycles. The Kier molecular flexibility index (Phi) is 4.32. The van der Waals surface area contributed by atoms with Crippen molar-refractivity contribution in [3.8, 4) is 23.2 Å². The minimum absolute atomic E-state index is 0.379. The number of furan rings is 1. The molecule has 0 amide bonds. The number of piperidine rings is 1. The van der Waals surface area contributed by atoms with Crippen LogP contribution in [0.15, 0.2) is 41.1 Å². The molecule has 5 rings (SSSR count). The summed E-state index contributed by atoms with van der Waals surface area (Å²) in [6.07, 6.45) is 7.01. The van der Waals surface area contributed by atoms with E-state index in [1.165, 1.54) is 12.8 Å². The molecule has 1 unspecified atom stereocenters. The van der Waals surface area contributed by atoms with Crippen molar-refractivity contribution in [1.29, 1.82) is 0 Å². The zero-order valence-electron chi connectivity index (χ0n) is 15.6. The van der Waals surface area contributed by atoms with Crippen LogP contribution in [0.1, 0.15) is 19.3 Å². The molecule has 5 heterocycles. The van der Waals surface area contributed by atoms with Gasteiger partial charge in [0.25, 0.3) is 0 Å². The van der Waals surface area contributed by atoms with Crippen molar-refractivity contribution in [2.24, 2.45) is 0 Å². The summed E-state index contributed by atoms with van der Waals surface area (Å²) in [7, 11) is 1.59. The number of aromatic nitrogens is 4. The number of hydrogen-bond acceptors (Lipinski definition) is 7. The van der Waals surface area contributed by atoms with Gasteiger partial charge >= 0.3 is 0 Å². The molecule has 0 aliphatic carbocycles. The van der Waals surface area contributed by atoms with Crippen molar-refractivity contribution in [3.63, 3.8) is 0 Å². The number of rotatable bonds is 5. The van der Waals surface area contributed by atoms with Gasteiger partial charge in [0.05, 0.1) is 18.7 Å². The van der Waals surface area contributed by atoms with Crippen LogP contribution in [-0.4, -0.2) is 45.9 Å². The van der Waals surface area contributed by atoms with Crippen LogP contribution in [0.25, 0.3) is 28.1 Å². The topological polar surface area (TPSA) is 86.7 Å². The lowest BCUT2D eigenvalue weighted by molar-refractivity contribution is 0.229. The highest BCUT2D eigenvalue weighted by Crippen LogP contribution is 2.32. The first kappa shape index (κ1) is 17.0. The van der Waals surface area contributed by atoms with Crippen LogP contribution in [0.4, 0.5) is 0 Å². The molecule has 0 aromatic carbocycles. The van der Waals surface area contributed by atoms with Crippen molar-refractivity contribution >= 4 is 16.6 Å². The maximum absolute atomic E-state index is 5.99. The van der Waals surface area contributed by atoms with Crippen LogP contribution in [0.2, 0.25) is 0 Å². The summed E-state index contributed by atoms with van der Waals surface area (Å²) in [5.74, 6) is 1.74. The number of pyridine rings is 1. The molecule has 4 aromatic rings. The Balaban J connectivity index is 1.46. The van der Waals surface area contributed by atoms with Crippen LogP contribution in [-0.2, 0) is 0 Å². The zero-order valence-corrected chi connectivity index (χ0v) is 15.6. The maximum atomic E-state index is 5.99. The third-order valence-electron chi connectivity index (χ3n) is 5.04. The van der Waals surface area contributed by atoms with Crippen molar-refractivity contribution < 1.29 is 13.9 Å². The van der Waals surface area contributed by atoms with E-state index in [9.17, 15) is 0 Å². The normalized spacial score (nSPS) is 17.2. The molecule has 0 bridgehead atoms. The minimum atomic E-state index is 0.379. The molecule has 8 nitrogen and oxygen atoms in total. The number of imidazole rings is 1. The average Bonchev–Trinajstić information content (AvgIpc) is 3.36. The molecule has 144 valence electrons. The quantitative estimate of drug-likeness (QED) is 0.570. The summed E-state index contributed by atoms with van der Waals surface area (Å²) >= 11 is 0. The lowest BCUT2D eigenvalue weighted by Gasteiger charge is -2.23. The number of fused-ring (bicyclic) bond motifs is 2. The fourth-order valence-electron chi connectivity index (χ4n) is 3.58. The summed E-state index contributed by atoms with van der Waals surface area (Å²) in [6.45, 7) is 1.66. The molecule has 28 heavy (non-hydrogen) atoms. The van der Waals surface area contributed by atoms with Gasteiger partial charge in [0.15, 0.2) is 11.4 Å². The number of hydrogen-bond donors (Lipinski definition) is 1. The van der Waals surface area contributed by atoms with Gasteiger partial charge in [-0.1, -0.05) is 6.42 Å². The monoisotopic (exact) mass is 379 g/mol. The molecule has 8 heteroatoms. The summed E-state index contributed by atoms with van der Waals surface area (Å²) in [5, 5.41) is 8.90. The Labute approximate surface area is 161 Å². The van der Waals surface area contributed by atoms with E-state index in [2.05, 4.69) is 20.4 Å². The molecule has 1 fully saturated rings. The second-order valence-electron chi connectivity index (χ2n) is 6.89. The van der Waals surface area contributed by atoms with Crippen LogP contribution >= 0.6 is 0 Å². The van der Waals surface area contributed by atoms with Crippen molar-refractivity contribution in [1.82, 2.24) is 24.9 Å². The average molecular weight is 379 g/mol. The Morgan fingerprint density at radius 2 is 2.21 bits per heavy atom. The highest BCUT2D eigenvalue weighted by atomic mass is 16.5. The molecule has 0 radical (unpaired) electrons. The molecule has 1 aliphatic rings. The summed E-state index contributed by atoms with van der Waals surface area (Å²) < 4.78 is 19.0. The first-order valence-electron chi connectivity index (χ1n) is 9.46. The standard InChI is InChI=1S/C20H21N5O3/c1-26-20-14-10-17(28-16(14)7-9-22-20)15-11-23-18-5-6-19(24-25(15)18)27-12-13-4-2-3-8-21-13/h5-7,9-11,13,21H,2-4,8,12H2,1H3. The van der Waals surface area contributed by atoms with E-state index in [1.807, 2.05) is 24.3 Å². The van der Waals surface area contributed by atoms with E-state index >= 15 is 0 Å². The first-order chi connectivity index (χ1) is 13.8. The zero-order chi connectivity index (χ0) is 18.9. The number of ether oxygens (including phenoxy) is 2. The van der Waals surface area contributed by atoms with Crippen LogP contribution in [0, 0.1) is 0 Å². The van der Waals surface area contributed by atoms with Crippen molar-refractivity contribution in [2.75, 3.05) is 20.3 Å². The number of nitrogens with zero attached hydrogens (tertiary/aromatic N) is 4. The molecule has 1 atom stereocenters. The Morgan fingerprint density at radius 1 is 1.25 bits per heavy atom. The molecule has 4 aromatic heterocycles. The van der Waals surface area contributed by atoms with E-state index in [0.29, 0.717) is 35.8 Å². The molecule has 0 spiro atoms. The number of methoxy groups -OCH3 is 1. The van der Waals surface area contributed by atoms with Gasteiger partial charge in [-0.15, -0.1) is 5.10 Å².